The first-order valence-electron chi connectivity index (χ1n) is 6.33. The van der Waals surface area contributed by atoms with E-state index >= 15 is 0 Å². The molecule has 2 rings (SSSR count). The summed E-state index contributed by atoms with van der Waals surface area (Å²) < 4.78 is 0. The average molecular weight is 247 g/mol. The summed E-state index contributed by atoms with van der Waals surface area (Å²) >= 11 is 0. The number of para-hydroxylation sites is 1. The molecule has 0 unspecified atom stereocenters. The van der Waals surface area contributed by atoms with Crippen LogP contribution in [0.25, 0.3) is 0 Å². The van der Waals surface area contributed by atoms with Crippen molar-refractivity contribution in [2.24, 2.45) is 5.73 Å². The third-order valence-electron chi connectivity index (χ3n) is 3.66. The molecular weight excluding hydrogens is 226 g/mol. The number of rotatable bonds is 2. The first-order chi connectivity index (χ1) is 8.48. The molecule has 0 atom stereocenters. The quantitative estimate of drug-likeness (QED) is 0.824. The van der Waals surface area contributed by atoms with Crippen molar-refractivity contribution < 1.29 is 4.79 Å². The normalized spacial score (nSPS) is 18.7. The minimum absolute atomic E-state index is 0.0694. The van der Waals surface area contributed by atoms with Crippen LogP contribution in [-0.4, -0.2) is 24.5 Å². The van der Waals surface area contributed by atoms with Gasteiger partial charge in [-0.15, -0.1) is 0 Å². The molecule has 98 valence electrons. The van der Waals surface area contributed by atoms with Crippen molar-refractivity contribution in [2.45, 2.75) is 32.9 Å². The maximum absolute atomic E-state index is 12.0. The van der Waals surface area contributed by atoms with Gasteiger partial charge in [0.15, 0.2) is 0 Å². The molecule has 4 heteroatoms. The summed E-state index contributed by atoms with van der Waals surface area (Å²) in [5.41, 5.74) is 8.66. The van der Waals surface area contributed by atoms with Gasteiger partial charge in [0, 0.05) is 25.3 Å². The highest BCUT2D eigenvalue weighted by atomic mass is 16.2. The van der Waals surface area contributed by atoms with Crippen LogP contribution < -0.4 is 16.0 Å². The molecule has 1 fully saturated rings. The molecule has 3 N–H and O–H groups in total. The van der Waals surface area contributed by atoms with Crippen LogP contribution in [0.3, 0.4) is 0 Å². The zero-order valence-corrected chi connectivity index (χ0v) is 11.3. The minimum Gasteiger partial charge on any atom is -0.355 e. The molecule has 1 aromatic rings. The Morgan fingerprint density at radius 3 is 2.83 bits per heavy atom. The van der Waals surface area contributed by atoms with Gasteiger partial charge in [-0.05, 0) is 31.9 Å². The number of benzene rings is 1. The standard InChI is InChI=1S/C14H21N3O/c1-10-5-4-6-11(9-15)12(10)17-8-7-16-13(18)14(17,2)3/h4-6H,7-9,15H2,1-3H3,(H,16,18). The molecule has 4 nitrogen and oxygen atoms in total. The molecular formula is C14H21N3O. The Morgan fingerprint density at radius 1 is 1.44 bits per heavy atom. The van der Waals surface area contributed by atoms with Crippen LogP contribution in [0.5, 0.6) is 0 Å². The van der Waals surface area contributed by atoms with Crippen LogP contribution in [0, 0.1) is 6.92 Å². The number of nitrogens with one attached hydrogen (secondary N) is 1. The van der Waals surface area contributed by atoms with Crippen LogP contribution in [0.15, 0.2) is 18.2 Å². The highest BCUT2D eigenvalue weighted by Gasteiger charge is 2.38. The van der Waals surface area contributed by atoms with E-state index in [1.165, 1.54) is 5.56 Å². The summed E-state index contributed by atoms with van der Waals surface area (Å²) in [6, 6.07) is 6.11. The molecule has 0 spiro atoms. The summed E-state index contributed by atoms with van der Waals surface area (Å²) in [5.74, 6) is 0.0694. The van der Waals surface area contributed by atoms with E-state index in [0.29, 0.717) is 13.1 Å². The Labute approximate surface area is 108 Å². The minimum atomic E-state index is -0.533. The number of piperazine rings is 1. The Bertz CT molecular complexity index is 468. The molecule has 0 saturated carbocycles. The van der Waals surface area contributed by atoms with E-state index in [0.717, 1.165) is 17.8 Å². The molecule has 0 aliphatic carbocycles. The number of aryl methyl sites for hydroxylation is 1. The van der Waals surface area contributed by atoms with Crippen LogP contribution in [-0.2, 0) is 11.3 Å². The van der Waals surface area contributed by atoms with E-state index < -0.39 is 5.54 Å². The van der Waals surface area contributed by atoms with Gasteiger partial charge in [0.1, 0.15) is 5.54 Å². The lowest BCUT2D eigenvalue weighted by Crippen LogP contribution is -2.62. The zero-order valence-electron chi connectivity index (χ0n) is 11.3. The maximum atomic E-state index is 12.0. The van der Waals surface area contributed by atoms with Gasteiger partial charge in [0.05, 0.1) is 0 Å². The largest absolute Gasteiger partial charge is 0.355 e. The predicted octanol–water partition coefficient (Wildman–Crippen LogP) is 1.17. The van der Waals surface area contributed by atoms with E-state index in [4.69, 9.17) is 5.73 Å². The first kappa shape index (κ1) is 12.9. The zero-order chi connectivity index (χ0) is 13.3. The Hall–Kier alpha value is -1.55. The number of hydrogen-bond acceptors (Lipinski definition) is 3. The van der Waals surface area contributed by atoms with Gasteiger partial charge in [0.25, 0.3) is 0 Å². The van der Waals surface area contributed by atoms with Gasteiger partial charge in [-0.3, -0.25) is 4.79 Å². The smallest absolute Gasteiger partial charge is 0.245 e. The third-order valence-corrected chi connectivity index (χ3v) is 3.66. The molecule has 1 aliphatic rings. The molecule has 1 heterocycles. The fraction of sp³-hybridized carbons (Fsp3) is 0.500. The predicted molar refractivity (Wildman–Crippen MR) is 73.5 cm³/mol. The van der Waals surface area contributed by atoms with Gasteiger partial charge in [0.2, 0.25) is 5.91 Å². The van der Waals surface area contributed by atoms with Gasteiger partial charge in [-0.2, -0.15) is 0 Å². The van der Waals surface area contributed by atoms with Crippen molar-refractivity contribution >= 4 is 11.6 Å². The lowest BCUT2D eigenvalue weighted by atomic mass is 9.95. The van der Waals surface area contributed by atoms with Crippen molar-refractivity contribution in [3.63, 3.8) is 0 Å². The maximum Gasteiger partial charge on any atom is 0.245 e. The summed E-state index contributed by atoms with van der Waals surface area (Å²) in [6.45, 7) is 7.96. The SMILES string of the molecule is Cc1cccc(CN)c1N1CCNC(=O)C1(C)C. The summed E-state index contributed by atoms with van der Waals surface area (Å²) in [7, 11) is 0. The number of anilines is 1. The summed E-state index contributed by atoms with van der Waals surface area (Å²) in [5, 5.41) is 2.92. The van der Waals surface area contributed by atoms with Crippen molar-refractivity contribution in [1.82, 2.24) is 5.32 Å². The van der Waals surface area contributed by atoms with Crippen LogP contribution in [0.2, 0.25) is 0 Å². The van der Waals surface area contributed by atoms with Gasteiger partial charge in [-0.25, -0.2) is 0 Å². The molecule has 0 radical (unpaired) electrons. The Morgan fingerprint density at radius 2 is 2.17 bits per heavy atom. The Kier molecular flexibility index (Phi) is 3.30. The van der Waals surface area contributed by atoms with E-state index in [-0.39, 0.29) is 5.91 Å². The van der Waals surface area contributed by atoms with Gasteiger partial charge < -0.3 is 16.0 Å². The molecule has 1 aliphatic heterocycles. The fourth-order valence-electron chi connectivity index (χ4n) is 2.56. The van der Waals surface area contributed by atoms with Crippen molar-refractivity contribution in [1.29, 1.82) is 0 Å². The highest BCUT2D eigenvalue weighted by Crippen LogP contribution is 2.32. The second-order valence-corrected chi connectivity index (χ2v) is 5.25. The summed E-state index contributed by atoms with van der Waals surface area (Å²) in [6.07, 6.45) is 0. The molecule has 18 heavy (non-hydrogen) atoms. The topological polar surface area (TPSA) is 58.4 Å². The summed E-state index contributed by atoms with van der Waals surface area (Å²) in [4.78, 5) is 14.2. The van der Waals surface area contributed by atoms with E-state index in [1.807, 2.05) is 26.0 Å². The lowest BCUT2D eigenvalue weighted by Gasteiger charge is -2.44. The number of carbonyl (C=O) groups excluding carboxylic acids is 1. The number of amides is 1. The molecule has 1 aromatic carbocycles. The Balaban J connectivity index is 2.50. The van der Waals surface area contributed by atoms with E-state index in [1.54, 1.807) is 0 Å². The van der Waals surface area contributed by atoms with Crippen LogP contribution in [0.4, 0.5) is 5.69 Å². The number of nitrogens with two attached hydrogens (primary N) is 1. The molecule has 1 saturated heterocycles. The third kappa shape index (κ3) is 1.97. The van der Waals surface area contributed by atoms with Crippen LogP contribution >= 0.6 is 0 Å². The first-order valence-corrected chi connectivity index (χ1v) is 6.33. The van der Waals surface area contributed by atoms with E-state index in [9.17, 15) is 4.79 Å². The van der Waals surface area contributed by atoms with Crippen molar-refractivity contribution in [2.75, 3.05) is 18.0 Å². The number of nitrogens with zero attached hydrogens (tertiary/aromatic N) is 1. The second kappa shape index (κ2) is 4.61. The second-order valence-electron chi connectivity index (χ2n) is 5.25. The average Bonchev–Trinajstić information content (AvgIpc) is 2.33. The molecule has 1 amide bonds. The molecule has 0 bridgehead atoms. The molecule has 0 aromatic heterocycles. The lowest BCUT2D eigenvalue weighted by molar-refractivity contribution is -0.126. The van der Waals surface area contributed by atoms with E-state index in [2.05, 4.69) is 23.2 Å². The van der Waals surface area contributed by atoms with Gasteiger partial charge >= 0.3 is 0 Å². The van der Waals surface area contributed by atoms with Crippen molar-refractivity contribution in [3.05, 3.63) is 29.3 Å². The van der Waals surface area contributed by atoms with Crippen molar-refractivity contribution in [3.8, 4) is 0 Å². The van der Waals surface area contributed by atoms with Crippen LogP contribution in [0.1, 0.15) is 25.0 Å². The number of carbonyl (C=O) groups is 1. The number of hydrogen-bond donors (Lipinski definition) is 2. The highest BCUT2D eigenvalue weighted by molar-refractivity contribution is 5.91. The van der Waals surface area contributed by atoms with Gasteiger partial charge in [-0.1, -0.05) is 18.2 Å². The monoisotopic (exact) mass is 247 g/mol. The fourth-order valence-corrected chi connectivity index (χ4v) is 2.56.